The molecule has 0 aliphatic rings. The highest BCUT2D eigenvalue weighted by Crippen LogP contribution is 2.21. The third-order valence-electron chi connectivity index (χ3n) is 1.94. The molecule has 2 rings (SSSR count). The monoisotopic (exact) mass is 192 g/mol. The summed E-state index contributed by atoms with van der Waals surface area (Å²) in [6.45, 7) is 2.94. The van der Waals surface area contributed by atoms with Crippen molar-refractivity contribution in [3.05, 3.63) is 23.8 Å². The van der Waals surface area contributed by atoms with Crippen LogP contribution in [-0.4, -0.2) is 11.6 Å². The lowest BCUT2D eigenvalue weighted by atomic mass is 10.2. The lowest BCUT2D eigenvalue weighted by Gasteiger charge is -1.93. The lowest BCUT2D eigenvalue weighted by Crippen LogP contribution is -1.94. The van der Waals surface area contributed by atoms with E-state index in [1.807, 2.05) is 25.1 Å². The van der Waals surface area contributed by atoms with Crippen LogP contribution in [0.15, 0.2) is 22.6 Å². The Morgan fingerprint density at radius 1 is 1.50 bits per heavy atom. The Bertz CT molecular complexity index is 437. The van der Waals surface area contributed by atoms with E-state index in [0.717, 1.165) is 16.7 Å². The van der Waals surface area contributed by atoms with E-state index in [2.05, 4.69) is 4.98 Å². The van der Waals surface area contributed by atoms with Crippen LogP contribution in [0.4, 0.5) is 0 Å². The number of ether oxygens (including phenoxy) is 1. The second kappa shape index (κ2) is 3.67. The molecule has 0 atom stereocenters. The molecule has 0 radical (unpaired) electrons. The summed E-state index contributed by atoms with van der Waals surface area (Å²) in [4.78, 5) is 4.15. The van der Waals surface area contributed by atoms with Crippen molar-refractivity contribution < 1.29 is 9.15 Å². The molecule has 0 spiro atoms. The predicted octanol–water partition coefficient (Wildman–Crippen LogP) is 1.69. The Kier molecular flexibility index (Phi) is 2.37. The molecule has 2 aromatic rings. The molecule has 0 unspecified atom stereocenters. The fourth-order valence-electron chi connectivity index (χ4n) is 1.26. The summed E-state index contributed by atoms with van der Waals surface area (Å²) in [6.07, 6.45) is 0.316. The smallest absolute Gasteiger partial charge is 0.394 e. The Morgan fingerprint density at radius 2 is 2.36 bits per heavy atom. The second-order valence-corrected chi connectivity index (χ2v) is 2.92. The number of aromatic nitrogens is 1. The zero-order valence-corrected chi connectivity index (χ0v) is 7.99. The van der Waals surface area contributed by atoms with E-state index in [1.165, 1.54) is 0 Å². The highest BCUT2D eigenvalue weighted by molar-refractivity contribution is 5.73. The summed E-state index contributed by atoms with van der Waals surface area (Å²) in [5.74, 6) is 0. The van der Waals surface area contributed by atoms with Gasteiger partial charge in [0.1, 0.15) is 5.52 Å². The lowest BCUT2D eigenvalue weighted by molar-refractivity contribution is 0.251. The van der Waals surface area contributed by atoms with Gasteiger partial charge >= 0.3 is 6.08 Å². The van der Waals surface area contributed by atoms with Crippen molar-refractivity contribution in [2.75, 3.05) is 6.61 Å². The van der Waals surface area contributed by atoms with Crippen molar-refractivity contribution >= 4 is 11.1 Å². The molecule has 0 saturated carbocycles. The van der Waals surface area contributed by atoms with Crippen LogP contribution in [0.3, 0.4) is 0 Å². The number of nitrogens with zero attached hydrogens (tertiary/aromatic N) is 1. The average molecular weight is 192 g/mol. The van der Waals surface area contributed by atoms with Gasteiger partial charge in [0.15, 0.2) is 5.58 Å². The number of rotatable bonds is 3. The molecule has 1 aromatic carbocycles. The molecule has 4 nitrogen and oxygen atoms in total. The number of nitrogens with two attached hydrogens (primary N) is 1. The van der Waals surface area contributed by atoms with E-state index in [-0.39, 0.29) is 0 Å². The van der Waals surface area contributed by atoms with Gasteiger partial charge in [-0.3, -0.25) is 0 Å². The van der Waals surface area contributed by atoms with E-state index in [9.17, 15) is 0 Å². The van der Waals surface area contributed by atoms with E-state index in [0.29, 0.717) is 19.2 Å². The molecular formula is C10H12N2O2. The Morgan fingerprint density at radius 3 is 3.07 bits per heavy atom. The first kappa shape index (κ1) is 9.02. The van der Waals surface area contributed by atoms with Crippen LogP contribution in [0.2, 0.25) is 0 Å². The minimum Gasteiger partial charge on any atom is -0.450 e. The summed E-state index contributed by atoms with van der Waals surface area (Å²) in [6, 6.07) is 5.69. The van der Waals surface area contributed by atoms with E-state index < -0.39 is 0 Å². The van der Waals surface area contributed by atoms with Crippen LogP contribution in [0.25, 0.3) is 11.1 Å². The van der Waals surface area contributed by atoms with Crippen molar-refractivity contribution in [3.63, 3.8) is 0 Å². The van der Waals surface area contributed by atoms with Crippen molar-refractivity contribution in [1.29, 1.82) is 0 Å². The maximum atomic E-state index is 5.51. The van der Waals surface area contributed by atoms with Crippen molar-refractivity contribution in [3.8, 4) is 6.08 Å². The van der Waals surface area contributed by atoms with Crippen molar-refractivity contribution in [2.24, 2.45) is 5.73 Å². The molecule has 0 fully saturated rings. The summed E-state index contributed by atoms with van der Waals surface area (Å²) >= 11 is 0. The summed E-state index contributed by atoms with van der Waals surface area (Å²) in [5, 5.41) is 0. The zero-order valence-electron chi connectivity index (χ0n) is 7.99. The molecular weight excluding hydrogens is 180 g/mol. The van der Waals surface area contributed by atoms with Gasteiger partial charge in [-0.05, 0) is 24.6 Å². The van der Waals surface area contributed by atoms with Crippen molar-refractivity contribution in [1.82, 2.24) is 4.98 Å². The first-order valence-electron chi connectivity index (χ1n) is 4.56. The number of fused-ring (bicyclic) bond motifs is 1. The summed E-state index contributed by atoms with van der Waals surface area (Å²) < 4.78 is 10.5. The summed E-state index contributed by atoms with van der Waals surface area (Å²) in [5.41, 5.74) is 8.05. The summed E-state index contributed by atoms with van der Waals surface area (Å²) in [7, 11) is 0. The SMILES string of the molecule is CCOc1nc2ccc(CN)cc2o1. The molecule has 0 bridgehead atoms. The van der Waals surface area contributed by atoms with Gasteiger partial charge in [0.2, 0.25) is 0 Å². The van der Waals surface area contributed by atoms with E-state index >= 15 is 0 Å². The van der Waals surface area contributed by atoms with Crippen molar-refractivity contribution in [2.45, 2.75) is 13.5 Å². The molecule has 1 heterocycles. The van der Waals surface area contributed by atoms with Crippen LogP contribution in [0, 0.1) is 0 Å². The van der Waals surface area contributed by atoms with Gasteiger partial charge < -0.3 is 14.9 Å². The maximum absolute atomic E-state index is 5.51. The topological polar surface area (TPSA) is 61.3 Å². The molecule has 0 saturated heterocycles. The van der Waals surface area contributed by atoms with Gasteiger partial charge in [-0.15, -0.1) is 0 Å². The third kappa shape index (κ3) is 1.56. The normalized spacial score (nSPS) is 10.7. The van der Waals surface area contributed by atoms with Gasteiger partial charge in [-0.25, -0.2) is 0 Å². The number of hydrogen-bond donors (Lipinski definition) is 1. The van der Waals surface area contributed by atoms with Crippen LogP contribution < -0.4 is 10.5 Å². The van der Waals surface area contributed by atoms with E-state index in [1.54, 1.807) is 0 Å². The molecule has 14 heavy (non-hydrogen) atoms. The third-order valence-corrected chi connectivity index (χ3v) is 1.94. The average Bonchev–Trinajstić information content (AvgIpc) is 2.59. The number of benzene rings is 1. The zero-order chi connectivity index (χ0) is 9.97. The molecule has 4 heteroatoms. The minimum atomic E-state index is 0.316. The first-order valence-corrected chi connectivity index (χ1v) is 4.56. The Labute approximate surface area is 81.7 Å². The van der Waals surface area contributed by atoms with Gasteiger partial charge in [0.25, 0.3) is 0 Å². The quantitative estimate of drug-likeness (QED) is 0.803. The highest BCUT2D eigenvalue weighted by Gasteiger charge is 2.05. The van der Waals surface area contributed by atoms with Crippen LogP contribution in [-0.2, 0) is 6.54 Å². The molecule has 0 aliphatic heterocycles. The molecule has 2 N–H and O–H groups in total. The number of hydrogen-bond acceptors (Lipinski definition) is 4. The van der Waals surface area contributed by atoms with Gasteiger partial charge in [-0.2, -0.15) is 4.98 Å². The highest BCUT2D eigenvalue weighted by atomic mass is 16.6. The second-order valence-electron chi connectivity index (χ2n) is 2.92. The van der Waals surface area contributed by atoms with Crippen LogP contribution in [0.1, 0.15) is 12.5 Å². The fourth-order valence-corrected chi connectivity index (χ4v) is 1.26. The van der Waals surface area contributed by atoms with E-state index in [4.69, 9.17) is 14.9 Å². The van der Waals surface area contributed by atoms with Gasteiger partial charge in [-0.1, -0.05) is 6.07 Å². The Hall–Kier alpha value is -1.55. The van der Waals surface area contributed by atoms with Crippen LogP contribution in [0.5, 0.6) is 6.08 Å². The molecule has 74 valence electrons. The molecule has 0 amide bonds. The predicted molar refractivity (Wildman–Crippen MR) is 53.1 cm³/mol. The molecule has 0 aliphatic carbocycles. The largest absolute Gasteiger partial charge is 0.450 e. The fraction of sp³-hybridized carbons (Fsp3) is 0.300. The van der Waals surface area contributed by atoms with Gasteiger partial charge in [0.05, 0.1) is 6.61 Å². The number of oxazole rings is 1. The maximum Gasteiger partial charge on any atom is 0.394 e. The molecule has 1 aromatic heterocycles. The minimum absolute atomic E-state index is 0.316. The van der Waals surface area contributed by atoms with Crippen LogP contribution >= 0.6 is 0 Å². The standard InChI is InChI=1S/C10H12N2O2/c1-2-13-10-12-8-4-3-7(6-11)5-9(8)14-10/h3-5H,2,6,11H2,1H3. The Balaban J connectivity index is 2.43. The van der Waals surface area contributed by atoms with Gasteiger partial charge in [0, 0.05) is 6.54 Å². The first-order chi connectivity index (χ1) is 6.83.